The van der Waals surface area contributed by atoms with Crippen LogP contribution in [0.5, 0.6) is 0 Å². The summed E-state index contributed by atoms with van der Waals surface area (Å²) in [5, 5.41) is 13.5. The van der Waals surface area contributed by atoms with Gasteiger partial charge in [-0.1, -0.05) is 6.92 Å². The highest BCUT2D eigenvalue weighted by atomic mass is 16.4. The maximum absolute atomic E-state index is 12.7. The molecule has 1 aliphatic heterocycles. The average molecular weight is 327 g/mol. The first-order valence-corrected chi connectivity index (χ1v) is 8.08. The topological polar surface area (TPSA) is 75.4 Å². The molecule has 1 aromatic heterocycles. The molecule has 24 heavy (non-hydrogen) atoms. The Morgan fingerprint density at radius 1 is 1.21 bits per heavy atom. The summed E-state index contributed by atoms with van der Waals surface area (Å²) in [5.41, 5.74) is 2.52. The van der Waals surface area contributed by atoms with Crippen LogP contribution in [0.25, 0.3) is 5.69 Å². The molecule has 1 aromatic carbocycles. The molecule has 126 valence electrons. The van der Waals surface area contributed by atoms with Gasteiger partial charge < -0.3 is 10.0 Å². The lowest BCUT2D eigenvalue weighted by molar-refractivity contribution is -0.143. The van der Waals surface area contributed by atoms with Crippen molar-refractivity contribution < 1.29 is 14.7 Å². The standard InChI is InChI=1S/C18H21N3O3/c1-12-7-15(18(23)24)11-20(9-12)17(22)14-3-5-16(6-4-14)21-10-13(2)8-19-21/h3-6,8,10,12,15H,7,9,11H2,1-2H3,(H,23,24). The fourth-order valence-corrected chi connectivity index (χ4v) is 3.19. The van der Waals surface area contributed by atoms with Crippen molar-refractivity contribution >= 4 is 11.9 Å². The van der Waals surface area contributed by atoms with Crippen LogP contribution in [-0.4, -0.2) is 44.8 Å². The quantitative estimate of drug-likeness (QED) is 0.939. The Hall–Kier alpha value is -2.63. The van der Waals surface area contributed by atoms with E-state index in [1.807, 2.05) is 32.2 Å². The first-order valence-electron chi connectivity index (χ1n) is 8.08. The molecule has 0 aliphatic carbocycles. The minimum absolute atomic E-state index is 0.115. The van der Waals surface area contributed by atoms with Crippen LogP contribution >= 0.6 is 0 Å². The largest absolute Gasteiger partial charge is 0.481 e. The number of carboxylic acid groups (broad SMARTS) is 1. The first kappa shape index (κ1) is 16.2. The van der Waals surface area contributed by atoms with Gasteiger partial charge in [-0.05, 0) is 49.1 Å². The second-order valence-electron chi connectivity index (χ2n) is 6.60. The second kappa shape index (κ2) is 6.47. The summed E-state index contributed by atoms with van der Waals surface area (Å²) in [6, 6.07) is 7.23. The van der Waals surface area contributed by atoms with E-state index in [-0.39, 0.29) is 18.4 Å². The summed E-state index contributed by atoms with van der Waals surface area (Å²) in [6.45, 7) is 4.83. The molecule has 0 bridgehead atoms. The normalized spacial score (nSPS) is 20.8. The van der Waals surface area contributed by atoms with E-state index in [4.69, 9.17) is 0 Å². The van der Waals surface area contributed by atoms with Crippen LogP contribution in [-0.2, 0) is 4.79 Å². The molecule has 6 nitrogen and oxygen atoms in total. The van der Waals surface area contributed by atoms with Gasteiger partial charge in [0, 0.05) is 24.8 Å². The number of aromatic nitrogens is 2. The van der Waals surface area contributed by atoms with Crippen LogP contribution in [0, 0.1) is 18.8 Å². The van der Waals surface area contributed by atoms with Crippen LogP contribution in [0.3, 0.4) is 0 Å². The number of likely N-dealkylation sites (tertiary alicyclic amines) is 1. The SMILES string of the molecule is Cc1cnn(-c2ccc(C(=O)N3CC(C)CC(C(=O)O)C3)cc2)c1. The van der Waals surface area contributed by atoms with Gasteiger partial charge in [0.05, 0.1) is 17.8 Å². The van der Waals surface area contributed by atoms with Crippen molar-refractivity contribution in [1.29, 1.82) is 0 Å². The van der Waals surface area contributed by atoms with Crippen LogP contribution in [0.4, 0.5) is 0 Å². The van der Waals surface area contributed by atoms with Gasteiger partial charge in [-0.2, -0.15) is 5.10 Å². The van der Waals surface area contributed by atoms with E-state index in [0.717, 1.165) is 11.3 Å². The minimum atomic E-state index is -0.830. The number of nitrogens with zero attached hydrogens (tertiary/aromatic N) is 3. The summed E-state index contributed by atoms with van der Waals surface area (Å²) in [7, 11) is 0. The van der Waals surface area contributed by atoms with E-state index in [1.165, 1.54) is 0 Å². The third kappa shape index (κ3) is 3.32. The summed E-state index contributed by atoms with van der Waals surface area (Å²) in [4.78, 5) is 25.6. The Labute approximate surface area is 140 Å². The van der Waals surface area contributed by atoms with Crippen molar-refractivity contribution in [3.63, 3.8) is 0 Å². The third-order valence-corrected chi connectivity index (χ3v) is 4.39. The number of carbonyl (C=O) groups is 2. The number of piperidine rings is 1. The molecule has 1 aliphatic rings. The van der Waals surface area contributed by atoms with Gasteiger partial charge in [-0.3, -0.25) is 9.59 Å². The minimum Gasteiger partial charge on any atom is -0.481 e. The van der Waals surface area contributed by atoms with E-state index < -0.39 is 11.9 Å². The van der Waals surface area contributed by atoms with Gasteiger partial charge in [-0.15, -0.1) is 0 Å². The molecular formula is C18H21N3O3. The van der Waals surface area contributed by atoms with Gasteiger partial charge in [0.2, 0.25) is 0 Å². The number of benzene rings is 1. The van der Waals surface area contributed by atoms with Crippen LogP contribution < -0.4 is 0 Å². The number of hydrogen-bond donors (Lipinski definition) is 1. The molecule has 6 heteroatoms. The molecule has 0 saturated carbocycles. The molecule has 2 aromatic rings. The third-order valence-electron chi connectivity index (χ3n) is 4.39. The predicted octanol–water partition coefficient (Wildman–Crippen LogP) is 2.36. The van der Waals surface area contributed by atoms with E-state index in [0.29, 0.717) is 18.5 Å². The van der Waals surface area contributed by atoms with Crippen molar-refractivity contribution in [3.05, 3.63) is 47.8 Å². The predicted molar refractivity (Wildman–Crippen MR) is 89.1 cm³/mol. The number of aliphatic carboxylic acids is 1. The van der Waals surface area contributed by atoms with Crippen molar-refractivity contribution in [2.75, 3.05) is 13.1 Å². The Balaban J connectivity index is 1.76. The van der Waals surface area contributed by atoms with Crippen molar-refractivity contribution in [2.45, 2.75) is 20.3 Å². The highest BCUT2D eigenvalue weighted by Crippen LogP contribution is 2.23. The highest BCUT2D eigenvalue weighted by molar-refractivity contribution is 5.94. The van der Waals surface area contributed by atoms with E-state index in [9.17, 15) is 14.7 Å². The van der Waals surface area contributed by atoms with Gasteiger partial charge >= 0.3 is 5.97 Å². The summed E-state index contributed by atoms with van der Waals surface area (Å²) in [6.07, 6.45) is 4.32. The van der Waals surface area contributed by atoms with E-state index >= 15 is 0 Å². The van der Waals surface area contributed by atoms with E-state index in [1.54, 1.807) is 27.9 Å². The Morgan fingerprint density at radius 2 is 1.92 bits per heavy atom. The zero-order valence-electron chi connectivity index (χ0n) is 13.8. The van der Waals surface area contributed by atoms with E-state index in [2.05, 4.69) is 5.10 Å². The number of rotatable bonds is 3. The van der Waals surface area contributed by atoms with Gasteiger partial charge in [0.1, 0.15) is 0 Å². The van der Waals surface area contributed by atoms with Gasteiger partial charge in [-0.25, -0.2) is 4.68 Å². The maximum Gasteiger partial charge on any atom is 0.308 e. The molecule has 0 spiro atoms. The van der Waals surface area contributed by atoms with Crippen molar-refractivity contribution in [2.24, 2.45) is 11.8 Å². The lowest BCUT2D eigenvalue weighted by atomic mass is 9.90. The summed E-state index contributed by atoms with van der Waals surface area (Å²) < 4.78 is 1.76. The lowest BCUT2D eigenvalue weighted by Crippen LogP contribution is -2.45. The van der Waals surface area contributed by atoms with Gasteiger partial charge in [0.15, 0.2) is 0 Å². The molecule has 1 amide bonds. The molecule has 3 rings (SSSR count). The van der Waals surface area contributed by atoms with Gasteiger partial charge in [0.25, 0.3) is 5.91 Å². The number of amides is 1. The second-order valence-corrected chi connectivity index (χ2v) is 6.60. The molecule has 2 atom stereocenters. The smallest absolute Gasteiger partial charge is 0.308 e. The molecule has 2 heterocycles. The zero-order valence-corrected chi connectivity index (χ0v) is 13.8. The summed E-state index contributed by atoms with van der Waals surface area (Å²) >= 11 is 0. The van der Waals surface area contributed by atoms with Crippen LogP contribution in [0.2, 0.25) is 0 Å². The zero-order chi connectivity index (χ0) is 17.3. The summed E-state index contributed by atoms with van der Waals surface area (Å²) in [5.74, 6) is -1.24. The highest BCUT2D eigenvalue weighted by Gasteiger charge is 2.32. The number of aryl methyl sites for hydroxylation is 1. The van der Waals surface area contributed by atoms with Crippen LogP contribution in [0.1, 0.15) is 29.3 Å². The number of carboxylic acids is 1. The molecule has 1 saturated heterocycles. The Kier molecular flexibility index (Phi) is 4.38. The molecular weight excluding hydrogens is 306 g/mol. The van der Waals surface area contributed by atoms with Crippen molar-refractivity contribution in [3.8, 4) is 5.69 Å². The monoisotopic (exact) mass is 327 g/mol. The Bertz CT molecular complexity index is 751. The lowest BCUT2D eigenvalue weighted by Gasteiger charge is -2.34. The molecule has 1 fully saturated rings. The molecule has 2 unspecified atom stereocenters. The first-order chi connectivity index (χ1) is 11.4. The number of carbonyl (C=O) groups excluding carboxylic acids is 1. The maximum atomic E-state index is 12.7. The molecule has 1 N–H and O–H groups in total. The fourth-order valence-electron chi connectivity index (χ4n) is 3.19. The van der Waals surface area contributed by atoms with Crippen molar-refractivity contribution in [1.82, 2.24) is 14.7 Å². The Morgan fingerprint density at radius 3 is 2.50 bits per heavy atom. The fraction of sp³-hybridized carbons (Fsp3) is 0.389. The number of hydrogen-bond acceptors (Lipinski definition) is 3. The average Bonchev–Trinajstić information content (AvgIpc) is 3.00. The molecule has 0 radical (unpaired) electrons. The van der Waals surface area contributed by atoms with Crippen LogP contribution in [0.15, 0.2) is 36.7 Å².